The van der Waals surface area contributed by atoms with Crippen molar-refractivity contribution >= 4 is 11.9 Å². The van der Waals surface area contributed by atoms with E-state index in [0.29, 0.717) is 12.3 Å². The van der Waals surface area contributed by atoms with Crippen LogP contribution in [-0.2, 0) is 11.3 Å². The van der Waals surface area contributed by atoms with Crippen molar-refractivity contribution in [1.29, 1.82) is 0 Å². The second-order valence-corrected chi connectivity index (χ2v) is 5.38. The van der Waals surface area contributed by atoms with Gasteiger partial charge in [-0.25, -0.2) is 4.79 Å². The Kier molecular flexibility index (Phi) is 6.39. The Morgan fingerprint density at radius 2 is 2.15 bits per heavy atom. The summed E-state index contributed by atoms with van der Waals surface area (Å²) in [5.41, 5.74) is 1.19. The number of hydrogen-bond acceptors (Lipinski definition) is 5. The third-order valence-electron chi connectivity index (χ3n) is 3.53. The van der Waals surface area contributed by atoms with Gasteiger partial charge in [0, 0.05) is 25.8 Å². The molecule has 26 heavy (non-hydrogen) atoms. The van der Waals surface area contributed by atoms with Gasteiger partial charge < -0.3 is 20.2 Å². The van der Waals surface area contributed by atoms with Crippen molar-refractivity contribution in [1.82, 2.24) is 20.4 Å². The highest BCUT2D eigenvalue weighted by Crippen LogP contribution is 2.16. The van der Waals surface area contributed by atoms with Crippen LogP contribution in [0.2, 0.25) is 0 Å². The van der Waals surface area contributed by atoms with Gasteiger partial charge in [-0.05, 0) is 24.6 Å². The van der Waals surface area contributed by atoms with Gasteiger partial charge in [0.1, 0.15) is 0 Å². The number of nitrogens with one attached hydrogen (secondary N) is 2. The molecular formula is C15H17F3N4O4. The quantitative estimate of drug-likeness (QED) is 0.750. The van der Waals surface area contributed by atoms with Crippen molar-refractivity contribution in [3.05, 3.63) is 42.1 Å². The smallest absolute Gasteiger partial charge is 0.475 e. The number of fused-ring (bicyclic) bond motifs is 1. The Balaban J connectivity index is 0.000000298. The van der Waals surface area contributed by atoms with Crippen molar-refractivity contribution in [2.45, 2.75) is 25.2 Å². The number of nitrogens with zero attached hydrogens (tertiary/aromatic N) is 2. The molecule has 2 aromatic rings. The fourth-order valence-electron chi connectivity index (χ4n) is 2.34. The van der Waals surface area contributed by atoms with Crippen molar-refractivity contribution in [3.8, 4) is 0 Å². The molecule has 1 aliphatic rings. The van der Waals surface area contributed by atoms with Crippen LogP contribution in [-0.4, -0.2) is 46.0 Å². The van der Waals surface area contributed by atoms with E-state index in [4.69, 9.17) is 14.3 Å². The van der Waals surface area contributed by atoms with Gasteiger partial charge in [-0.2, -0.15) is 18.3 Å². The summed E-state index contributed by atoms with van der Waals surface area (Å²) < 4.78 is 38.8. The number of furan rings is 1. The van der Waals surface area contributed by atoms with E-state index >= 15 is 0 Å². The zero-order valence-corrected chi connectivity index (χ0v) is 13.5. The molecule has 1 atom stereocenters. The molecule has 142 valence electrons. The number of alkyl halides is 3. The number of carboxylic acids is 1. The maximum atomic E-state index is 11.7. The molecular weight excluding hydrogens is 357 g/mol. The summed E-state index contributed by atoms with van der Waals surface area (Å²) in [4.78, 5) is 20.6. The minimum absolute atomic E-state index is 0.172. The van der Waals surface area contributed by atoms with E-state index in [0.717, 1.165) is 19.5 Å². The van der Waals surface area contributed by atoms with E-state index in [9.17, 15) is 18.0 Å². The first-order valence-electron chi connectivity index (χ1n) is 7.64. The molecule has 2 aromatic heterocycles. The van der Waals surface area contributed by atoms with Crippen LogP contribution < -0.4 is 10.6 Å². The van der Waals surface area contributed by atoms with Crippen LogP contribution in [0, 0.1) is 0 Å². The van der Waals surface area contributed by atoms with Crippen LogP contribution in [0.4, 0.5) is 13.2 Å². The molecule has 0 fully saturated rings. The number of halogens is 3. The zero-order chi connectivity index (χ0) is 19.2. The number of hydrogen-bond donors (Lipinski definition) is 3. The lowest BCUT2D eigenvalue weighted by atomic mass is 10.1. The Bertz CT molecular complexity index is 728. The van der Waals surface area contributed by atoms with Crippen LogP contribution in [0.3, 0.4) is 0 Å². The summed E-state index contributed by atoms with van der Waals surface area (Å²) in [7, 11) is 0. The maximum Gasteiger partial charge on any atom is 0.490 e. The van der Waals surface area contributed by atoms with Crippen molar-refractivity contribution in [2.75, 3.05) is 13.1 Å². The topological polar surface area (TPSA) is 109 Å². The molecule has 0 bridgehead atoms. The first-order chi connectivity index (χ1) is 12.3. The number of aliphatic carboxylic acids is 1. The monoisotopic (exact) mass is 374 g/mol. The average Bonchev–Trinajstić information content (AvgIpc) is 3.26. The number of aromatic nitrogens is 2. The molecule has 0 aromatic carbocycles. The Hall–Kier alpha value is -2.82. The van der Waals surface area contributed by atoms with Gasteiger partial charge >= 0.3 is 12.1 Å². The first-order valence-corrected chi connectivity index (χ1v) is 7.64. The lowest BCUT2D eigenvalue weighted by Gasteiger charge is -2.25. The van der Waals surface area contributed by atoms with Crippen molar-refractivity contribution in [2.24, 2.45) is 0 Å². The Labute approximate surface area is 146 Å². The van der Waals surface area contributed by atoms with Crippen LogP contribution in [0.15, 0.2) is 35.1 Å². The molecule has 0 saturated carbocycles. The van der Waals surface area contributed by atoms with E-state index < -0.39 is 12.1 Å². The highest BCUT2D eigenvalue weighted by Gasteiger charge is 2.38. The van der Waals surface area contributed by atoms with Gasteiger partial charge in [-0.15, -0.1) is 0 Å². The van der Waals surface area contributed by atoms with E-state index in [1.54, 1.807) is 12.1 Å². The highest BCUT2D eigenvalue weighted by molar-refractivity contribution is 5.91. The van der Waals surface area contributed by atoms with Crippen molar-refractivity contribution < 1.29 is 32.3 Å². The number of carbonyl (C=O) groups is 2. The predicted molar refractivity (Wildman–Crippen MR) is 82.3 cm³/mol. The minimum atomic E-state index is -5.08. The molecule has 1 unspecified atom stereocenters. The number of amides is 1. The van der Waals surface area contributed by atoms with Crippen LogP contribution in [0.25, 0.3) is 0 Å². The molecule has 0 aliphatic carbocycles. The van der Waals surface area contributed by atoms with Gasteiger partial charge in [0.2, 0.25) is 0 Å². The lowest BCUT2D eigenvalue weighted by Crippen LogP contribution is -2.36. The third-order valence-corrected chi connectivity index (χ3v) is 3.53. The van der Waals surface area contributed by atoms with Crippen LogP contribution in [0.1, 0.15) is 28.7 Å². The molecule has 3 rings (SSSR count). The Morgan fingerprint density at radius 1 is 1.42 bits per heavy atom. The molecule has 1 aliphatic heterocycles. The predicted octanol–water partition coefficient (Wildman–Crippen LogP) is 1.57. The van der Waals surface area contributed by atoms with E-state index in [1.807, 2.05) is 16.9 Å². The average molecular weight is 374 g/mol. The fraction of sp³-hybridized carbons (Fsp3) is 0.400. The largest absolute Gasteiger partial charge is 0.490 e. The Morgan fingerprint density at radius 3 is 2.77 bits per heavy atom. The SMILES string of the molecule is O=C(NCCC1CNCc2ccnn21)c1ccco1.O=C(O)C(F)(F)F. The molecule has 0 radical (unpaired) electrons. The lowest BCUT2D eigenvalue weighted by molar-refractivity contribution is -0.192. The minimum Gasteiger partial charge on any atom is -0.475 e. The van der Waals surface area contributed by atoms with Gasteiger partial charge in [-0.3, -0.25) is 9.48 Å². The summed E-state index contributed by atoms with van der Waals surface area (Å²) >= 11 is 0. The standard InChI is InChI=1S/C13H16N4O2.C2HF3O2/c18-13(12-2-1-7-19-12)15-5-3-10-8-14-9-11-4-6-16-17(10)11;3-2(4,5)1(6)7/h1-2,4,6-7,10,14H,3,5,8-9H2,(H,15,18);(H,6,7). The van der Waals surface area contributed by atoms with Gasteiger partial charge in [0.25, 0.3) is 5.91 Å². The maximum absolute atomic E-state index is 11.7. The molecule has 1 amide bonds. The zero-order valence-electron chi connectivity index (χ0n) is 13.5. The molecule has 3 N–H and O–H groups in total. The molecule has 0 saturated heterocycles. The van der Waals surface area contributed by atoms with Gasteiger partial charge in [0.05, 0.1) is 18.0 Å². The van der Waals surface area contributed by atoms with E-state index in [-0.39, 0.29) is 11.9 Å². The summed E-state index contributed by atoms with van der Waals surface area (Å²) in [6.07, 6.45) is -0.930. The number of carboxylic acid groups (broad SMARTS) is 1. The van der Waals surface area contributed by atoms with E-state index in [2.05, 4.69) is 15.7 Å². The van der Waals surface area contributed by atoms with E-state index in [1.165, 1.54) is 12.0 Å². The summed E-state index contributed by atoms with van der Waals surface area (Å²) in [6.45, 7) is 2.34. The van der Waals surface area contributed by atoms with Crippen LogP contribution >= 0.6 is 0 Å². The first kappa shape index (κ1) is 19.5. The third kappa shape index (κ3) is 5.34. The molecule has 3 heterocycles. The van der Waals surface area contributed by atoms with Crippen molar-refractivity contribution in [3.63, 3.8) is 0 Å². The second kappa shape index (κ2) is 8.52. The summed E-state index contributed by atoms with van der Waals surface area (Å²) in [5, 5.41) is 17.7. The summed E-state index contributed by atoms with van der Waals surface area (Å²) in [5.74, 6) is -2.58. The summed E-state index contributed by atoms with van der Waals surface area (Å²) in [6, 6.07) is 5.66. The molecule has 0 spiro atoms. The number of rotatable bonds is 4. The number of carbonyl (C=O) groups excluding carboxylic acids is 1. The highest BCUT2D eigenvalue weighted by atomic mass is 19.4. The molecule has 11 heteroatoms. The van der Waals surface area contributed by atoms with Gasteiger partial charge in [0.15, 0.2) is 5.76 Å². The van der Waals surface area contributed by atoms with Crippen LogP contribution in [0.5, 0.6) is 0 Å². The van der Waals surface area contributed by atoms with Gasteiger partial charge in [-0.1, -0.05) is 0 Å². The molecule has 8 nitrogen and oxygen atoms in total. The fourth-order valence-corrected chi connectivity index (χ4v) is 2.34. The normalized spacial score (nSPS) is 16.2. The second-order valence-electron chi connectivity index (χ2n) is 5.38.